The fourth-order valence-corrected chi connectivity index (χ4v) is 6.00. The molecule has 0 amide bonds. The maximum absolute atomic E-state index is 13.7. The smallest absolute Gasteiger partial charge is 0.338 e. The molecule has 10 heteroatoms. The molecule has 1 atom stereocenters. The Balaban J connectivity index is 1.48. The Morgan fingerprint density at radius 1 is 1.02 bits per heavy atom. The van der Waals surface area contributed by atoms with Crippen molar-refractivity contribution < 1.29 is 14.3 Å². The largest absolute Gasteiger partial charge is 0.489 e. The number of carbonyl (C=O) groups is 1. The van der Waals surface area contributed by atoms with Crippen molar-refractivity contribution >= 4 is 58.2 Å². The average molecular weight is 614 g/mol. The van der Waals surface area contributed by atoms with Crippen LogP contribution in [0.2, 0.25) is 15.1 Å². The lowest BCUT2D eigenvalue weighted by Crippen LogP contribution is -2.39. The van der Waals surface area contributed by atoms with Gasteiger partial charge in [0.25, 0.3) is 5.56 Å². The Morgan fingerprint density at radius 3 is 2.40 bits per heavy atom. The molecule has 5 rings (SSSR count). The number of halogens is 3. The Morgan fingerprint density at radius 2 is 1.73 bits per heavy atom. The van der Waals surface area contributed by atoms with Crippen LogP contribution >= 0.6 is 46.1 Å². The normalized spacial score (nSPS) is 15.0. The Bertz CT molecular complexity index is 1790. The number of hydrogen-bond donors (Lipinski definition) is 0. The van der Waals surface area contributed by atoms with E-state index in [1.807, 2.05) is 30.3 Å². The average Bonchev–Trinajstić information content (AvgIpc) is 3.23. The third-order valence-corrected chi connectivity index (χ3v) is 8.11. The summed E-state index contributed by atoms with van der Waals surface area (Å²) in [6, 6.07) is 19.0. The minimum Gasteiger partial charge on any atom is -0.489 e. The van der Waals surface area contributed by atoms with E-state index in [0.29, 0.717) is 48.0 Å². The summed E-state index contributed by atoms with van der Waals surface area (Å²) in [7, 11) is 0. The highest BCUT2D eigenvalue weighted by molar-refractivity contribution is 7.07. The number of hydrogen-bond acceptors (Lipinski definition) is 6. The van der Waals surface area contributed by atoms with Gasteiger partial charge in [0.1, 0.15) is 12.4 Å². The molecule has 0 spiro atoms. The highest BCUT2D eigenvalue weighted by Gasteiger charge is 2.33. The van der Waals surface area contributed by atoms with E-state index in [2.05, 4.69) is 4.99 Å². The minimum atomic E-state index is -0.690. The van der Waals surface area contributed by atoms with Crippen LogP contribution in [0.5, 0.6) is 5.75 Å². The van der Waals surface area contributed by atoms with Crippen molar-refractivity contribution in [2.24, 2.45) is 4.99 Å². The van der Waals surface area contributed by atoms with Gasteiger partial charge in [0, 0.05) is 20.6 Å². The maximum Gasteiger partial charge on any atom is 0.338 e. The molecule has 6 nitrogen and oxygen atoms in total. The van der Waals surface area contributed by atoms with Crippen LogP contribution in [0.4, 0.5) is 0 Å². The van der Waals surface area contributed by atoms with Crippen LogP contribution in [0.15, 0.2) is 87.8 Å². The summed E-state index contributed by atoms with van der Waals surface area (Å²) in [4.78, 5) is 31.8. The summed E-state index contributed by atoms with van der Waals surface area (Å²) in [5, 5.41) is 1.66. The van der Waals surface area contributed by atoms with Crippen molar-refractivity contribution in [2.75, 3.05) is 6.61 Å². The summed E-state index contributed by atoms with van der Waals surface area (Å²) in [5.41, 5.74) is 2.95. The van der Waals surface area contributed by atoms with Crippen molar-refractivity contribution in [1.29, 1.82) is 0 Å². The molecule has 1 aromatic heterocycles. The van der Waals surface area contributed by atoms with Gasteiger partial charge in [-0.25, -0.2) is 9.79 Å². The minimum absolute atomic E-state index is 0.208. The first kappa shape index (κ1) is 28.2. The quantitative estimate of drug-likeness (QED) is 0.228. The number of allylic oxidation sites excluding steroid dienone is 1. The van der Waals surface area contributed by atoms with E-state index in [1.54, 1.807) is 60.9 Å². The van der Waals surface area contributed by atoms with Gasteiger partial charge in [0.15, 0.2) is 4.80 Å². The number of rotatable bonds is 7. The van der Waals surface area contributed by atoms with Gasteiger partial charge in [-0.2, -0.15) is 0 Å². The van der Waals surface area contributed by atoms with Crippen molar-refractivity contribution in [3.05, 3.63) is 129 Å². The number of carbonyl (C=O) groups excluding carboxylic acids is 1. The Hall–Kier alpha value is -3.36. The van der Waals surface area contributed by atoms with Crippen molar-refractivity contribution in [3.8, 4) is 5.75 Å². The molecule has 0 saturated carbocycles. The van der Waals surface area contributed by atoms with Crippen LogP contribution in [0.1, 0.15) is 36.6 Å². The first-order chi connectivity index (χ1) is 19.2. The number of ether oxygens (including phenoxy) is 2. The van der Waals surface area contributed by atoms with E-state index < -0.39 is 12.0 Å². The third kappa shape index (κ3) is 5.88. The van der Waals surface area contributed by atoms with Gasteiger partial charge in [-0.1, -0.05) is 76.5 Å². The fourth-order valence-electron chi connectivity index (χ4n) is 4.36. The first-order valence-corrected chi connectivity index (χ1v) is 14.3. The van der Waals surface area contributed by atoms with E-state index >= 15 is 0 Å². The summed E-state index contributed by atoms with van der Waals surface area (Å²) in [6.07, 6.45) is 1.80. The molecule has 0 aliphatic carbocycles. The molecule has 0 N–H and O–H groups in total. The lowest BCUT2D eigenvalue weighted by molar-refractivity contribution is -0.139. The molecule has 0 unspecified atom stereocenters. The number of benzene rings is 3. The molecule has 1 aliphatic rings. The molecule has 40 heavy (non-hydrogen) atoms. The highest BCUT2D eigenvalue weighted by atomic mass is 35.5. The second-order valence-corrected chi connectivity index (χ2v) is 11.2. The SMILES string of the molecule is CCOC(=O)C1=C(C)N=c2s/c(=C/c3ccc(OCc4ccc(Cl)cc4Cl)cc3)c(=O)n2[C@@H]1c1ccc(Cl)cc1. The molecule has 0 radical (unpaired) electrons. The Labute approximate surface area is 249 Å². The Kier molecular flexibility index (Phi) is 8.47. The molecule has 3 aromatic carbocycles. The number of esters is 1. The zero-order valence-electron chi connectivity index (χ0n) is 21.5. The lowest BCUT2D eigenvalue weighted by atomic mass is 9.96. The predicted octanol–water partition coefficient (Wildman–Crippen LogP) is 6.34. The van der Waals surface area contributed by atoms with Crippen molar-refractivity contribution in [2.45, 2.75) is 26.5 Å². The summed E-state index contributed by atoms with van der Waals surface area (Å²) < 4.78 is 13.2. The first-order valence-electron chi connectivity index (χ1n) is 12.4. The molecule has 4 aromatic rings. The molecular formula is C30H23Cl3N2O4S. The summed E-state index contributed by atoms with van der Waals surface area (Å²) in [5.74, 6) is 0.149. The standard InChI is InChI=1S/C30H23Cl3N2O4S/c1-3-38-29(37)26-17(2)34-30-35(27(26)19-6-9-21(31)10-7-19)28(36)25(40-30)14-18-4-12-23(13-5-18)39-16-20-8-11-22(32)15-24(20)33/h4-15,27H,3,16H2,1-2H3/b25-14+/t27-/m1/s1. The number of fused-ring (bicyclic) bond motifs is 1. The van der Waals surface area contributed by atoms with Gasteiger partial charge in [-0.15, -0.1) is 0 Å². The summed E-state index contributed by atoms with van der Waals surface area (Å²) >= 11 is 19.6. The third-order valence-electron chi connectivity index (χ3n) is 6.29. The molecule has 0 saturated heterocycles. The van der Waals surface area contributed by atoms with Gasteiger partial charge in [-0.3, -0.25) is 9.36 Å². The molecular weight excluding hydrogens is 591 g/mol. The monoisotopic (exact) mass is 612 g/mol. The zero-order valence-corrected chi connectivity index (χ0v) is 24.6. The van der Waals surface area contributed by atoms with E-state index in [9.17, 15) is 9.59 Å². The van der Waals surface area contributed by atoms with Crippen molar-refractivity contribution in [1.82, 2.24) is 4.57 Å². The molecule has 0 bridgehead atoms. The van der Waals surface area contributed by atoms with Crippen molar-refractivity contribution in [3.63, 3.8) is 0 Å². The molecule has 1 aliphatic heterocycles. The van der Waals surface area contributed by atoms with Crippen LogP contribution in [0.25, 0.3) is 6.08 Å². The van der Waals surface area contributed by atoms with E-state index in [-0.39, 0.29) is 12.2 Å². The molecule has 204 valence electrons. The van der Waals surface area contributed by atoms with Gasteiger partial charge in [0.05, 0.1) is 28.5 Å². The maximum atomic E-state index is 13.7. The zero-order chi connectivity index (χ0) is 28.4. The van der Waals surface area contributed by atoms with Crippen LogP contribution in [0, 0.1) is 0 Å². The second-order valence-electron chi connectivity index (χ2n) is 8.95. The summed E-state index contributed by atoms with van der Waals surface area (Å²) in [6.45, 7) is 3.99. The van der Waals surface area contributed by atoms with Crippen LogP contribution in [0.3, 0.4) is 0 Å². The predicted molar refractivity (Wildman–Crippen MR) is 159 cm³/mol. The second kappa shape index (κ2) is 12.0. The number of thiazole rings is 1. The highest BCUT2D eigenvalue weighted by Crippen LogP contribution is 2.31. The van der Waals surface area contributed by atoms with Gasteiger partial charge < -0.3 is 9.47 Å². The van der Waals surface area contributed by atoms with Crippen LogP contribution in [-0.2, 0) is 16.1 Å². The van der Waals surface area contributed by atoms with Gasteiger partial charge >= 0.3 is 5.97 Å². The van der Waals surface area contributed by atoms with Crippen LogP contribution in [-0.4, -0.2) is 17.1 Å². The lowest BCUT2D eigenvalue weighted by Gasteiger charge is -2.24. The molecule has 2 heterocycles. The van der Waals surface area contributed by atoms with Gasteiger partial charge in [-0.05, 0) is 67.4 Å². The fraction of sp³-hybridized carbons (Fsp3) is 0.167. The number of nitrogens with zero attached hydrogens (tertiary/aromatic N) is 2. The topological polar surface area (TPSA) is 69.9 Å². The van der Waals surface area contributed by atoms with Gasteiger partial charge in [0.2, 0.25) is 0 Å². The van der Waals surface area contributed by atoms with E-state index in [1.165, 1.54) is 11.3 Å². The van der Waals surface area contributed by atoms with Crippen LogP contribution < -0.4 is 19.6 Å². The molecule has 0 fully saturated rings. The van der Waals surface area contributed by atoms with E-state index in [4.69, 9.17) is 44.3 Å². The number of aromatic nitrogens is 1. The van der Waals surface area contributed by atoms with E-state index in [0.717, 1.165) is 16.7 Å².